The smallest absolute Gasteiger partial charge is 0.283 e. The molecule has 1 heterocycles. The van der Waals surface area contributed by atoms with Crippen LogP contribution in [0, 0.1) is 0 Å². The number of nitrogens with one attached hydrogen (secondary N) is 2. The first-order valence-electron chi connectivity index (χ1n) is 9.21. The number of rotatable bonds is 5. The normalized spacial score (nSPS) is 13.5. The van der Waals surface area contributed by atoms with Gasteiger partial charge in [0, 0.05) is 22.0 Å². The summed E-state index contributed by atoms with van der Waals surface area (Å²) in [6.45, 7) is 0. The maximum Gasteiger partial charge on any atom is 0.283 e. The minimum atomic E-state index is -0.643. The van der Waals surface area contributed by atoms with Gasteiger partial charge in [-0.15, -0.1) is 0 Å². The predicted molar refractivity (Wildman–Crippen MR) is 121 cm³/mol. The van der Waals surface area contributed by atoms with Crippen LogP contribution in [0.5, 0.6) is 0 Å². The average Bonchev–Trinajstić information content (AvgIpc) is 2.98. The van der Waals surface area contributed by atoms with Gasteiger partial charge in [-0.25, -0.2) is 4.90 Å². The molecule has 8 heteroatoms. The summed E-state index contributed by atoms with van der Waals surface area (Å²) >= 11 is 12.1. The predicted octanol–water partition coefficient (Wildman–Crippen LogP) is 5.03. The van der Waals surface area contributed by atoms with E-state index in [-0.39, 0.29) is 16.6 Å². The van der Waals surface area contributed by atoms with Crippen LogP contribution in [0.3, 0.4) is 0 Å². The summed E-state index contributed by atoms with van der Waals surface area (Å²) in [5.74, 6) is -1.51. The molecule has 3 aromatic carbocycles. The summed E-state index contributed by atoms with van der Waals surface area (Å²) in [6.07, 6.45) is 0. The highest BCUT2D eigenvalue weighted by Gasteiger charge is 2.39. The Morgan fingerprint density at radius 2 is 1.48 bits per heavy atom. The molecule has 1 aliphatic rings. The van der Waals surface area contributed by atoms with Crippen molar-refractivity contribution in [3.05, 3.63) is 100 Å². The molecule has 0 saturated carbocycles. The lowest BCUT2D eigenvalue weighted by molar-refractivity contribution is -0.120. The molecule has 0 unspecified atom stereocenters. The van der Waals surface area contributed by atoms with E-state index in [1.165, 1.54) is 6.07 Å². The van der Waals surface area contributed by atoms with Gasteiger partial charge in [0.25, 0.3) is 17.7 Å². The fourth-order valence-corrected chi connectivity index (χ4v) is 3.43. The van der Waals surface area contributed by atoms with Gasteiger partial charge in [0.15, 0.2) is 0 Å². The van der Waals surface area contributed by atoms with Gasteiger partial charge in [0.05, 0.1) is 5.69 Å². The van der Waals surface area contributed by atoms with Crippen LogP contribution >= 0.6 is 23.2 Å². The van der Waals surface area contributed by atoms with Gasteiger partial charge in [-0.05, 0) is 54.6 Å². The zero-order chi connectivity index (χ0) is 22.0. The van der Waals surface area contributed by atoms with Gasteiger partial charge in [-0.1, -0.05) is 47.5 Å². The molecule has 3 aromatic rings. The highest BCUT2D eigenvalue weighted by molar-refractivity contribution is 6.53. The van der Waals surface area contributed by atoms with E-state index in [9.17, 15) is 14.4 Å². The number of carbonyl (C=O) groups is 3. The Morgan fingerprint density at radius 3 is 2.16 bits per heavy atom. The number of nitrogens with zero attached hydrogens (tertiary/aromatic N) is 1. The summed E-state index contributed by atoms with van der Waals surface area (Å²) < 4.78 is 0. The number of anilines is 3. The van der Waals surface area contributed by atoms with Gasteiger partial charge in [-0.2, -0.15) is 0 Å². The zero-order valence-electron chi connectivity index (χ0n) is 15.9. The van der Waals surface area contributed by atoms with E-state index >= 15 is 0 Å². The van der Waals surface area contributed by atoms with E-state index in [0.29, 0.717) is 27.6 Å². The number of hydrogen-bond acceptors (Lipinski definition) is 4. The molecule has 2 N–H and O–H groups in total. The van der Waals surface area contributed by atoms with Crippen molar-refractivity contribution >= 4 is 58.0 Å². The Kier molecular flexibility index (Phi) is 5.75. The number of para-hydroxylation sites is 1. The monoisotopic (exact) mass is 451 g/mol. The van der Waals surface area contributed by atoms with Crippen molar-refractivity contribution in [2.45, 2.75) is 0 Å². The first kappa shape index (κ1) is 20.7. The number of benzene rings is 3. The minimum absolute atomic E-state index is 0.0480. The van der Waals surface area contributed by atoms with E-state index in [1.54, 1.807) is 54.6 Å². The fourth-order valence-electron chi connectivity index (χ4n) is 3.04. The highest BCUT2D eigenvalue weighted by atomic mass is 35.5. The topological polar surface area (TPSA) is 78.5 Å². The lowest BCUT2D eigenvalue weighted by Gasteiger charge is -2.15. The summed E-state index contributed by atoms with van der Waals surface area (Å²) in [5, 5.41) is 5.83. The molecule has 0 aromatic heterocycles. The van der Waals surface area contributed by atoms with E-state index < -0.39 is 11.8 Å². The molecular formula is C23H15Cl2N3O3. The summed E-state index contributed by atoms with van der Waals surface area (Å²) in [7, 11) is 0. The molecule has 1 aliphatic heterocycles. The van der Waals surface area contributed by atoms with Crippen LogP contribution in [0.15, 0.2) is 89.6 Å². The molecule has 0 fully saturated rings. The molecule has 0 saturated heterocycles. The number of halogens is 2. The lowest BCUT2D eigenvalue weighted by Crippen LogP contribution is -2.32. The molecular weight excluding hydrogens is 437 g/mol. The van der Waals surface area contributed by atoms with E-state index in [1.807, 2.05) is 18.2 Å². The molecule has 4 rings (SSSR count). The van der Waals surface area contributed by atoms with Crippen molar-refractivity contribution < 1.29 is 14.4 Å². The quantitative estimate of drug-likeness (QED) is 0.533. The van der Waals surface area contributed by atoms with Crippen molar-refractivity contribution in [3.63, 3.8) is 0 Å². The van der Waals surface area contributed by atoms with Crippen molar-refractivity contribution in [2.75, 3.05) is 15.5 Å². The number of amides is 3. The second-order valence-electron chi connectivity index (χ2n) is 6.64. The first-order valence-corrected chi connectivity index (χ1v) is 9.97. The van der Waals surface area contributed by atoms with Gasteiger partial charge in [0.1, 0.15) is 10.7 Å². The van der Waals surface area contributed by atoms with Crippen LogP contribution in [0.1, 0.15) is 10.4 Å². The average molecular weight is 452 g/mol. The standard InChI is InChI=1S/C23H15Cl2N3O3/c24-15-5-4-8-18(13-15)28-22(30)19(25)20(23(28)31)26-17-11-9-14(10-12-17)21(29)27-16-6-2-1-3-7-16/h1-13,26H,(H,27,29). The second kappa shape index (κ2) is 8.63. The Bertz CT molecular complexity index is 1210. The molecule has 154 valence electrons. The molecule has 3 amide bonds. The molecule has 0 radical (unpaired) electrons. The van der Waals surface area contributed by atoms with E-state index in [4.69, 9.17) is 23.2 Å². The molecule has 6 nitrogen and oxygen atoms in total. The SMILES string of the molecule is O=C(Nc1ccccc1)c1ccc(NC2=C(Cl)C(=O)N(c3cccc(Cl)c3)C2=O)cc1. The Hall–Kier alpha value is -3.61. The third-order valence-electron chi connectivity index (χ3n) is 4.54. The Morgan fingerprint density at radius 1 is 0.774 bits per heavy atom. The molecule has 0 atom stereocenters. The highest BCUT2D eigenvalue weighted by Crippen LogP contribution is 2.31. The van der Waals surface area contributed by atoms with Crippen LogP contribution in [0.25, 0.3) is 0 Å². The minimum Gasteiger partial charge on any atom is -0.350 e. The number of hydrogen-bond donors (Lipinski definition) is 2. The maximum absolute atomic E-state index is 12.8. The second-order valence-corrected chi connectivity index (χ2v) is 7.45. The van der Waals surface area contributed by atoms with Crippen LogP contribution in [-0.2, 0) is 9.59 Å². The van der Waals surface area contributed by atoms with Crippen molar-refractivity contribution in [1.29, 1.82) is 0 Å². The van der Waals surface area contributed by atoms with Crippen LogP contribution < -0.4 is 15.5 Å². The molecule has 0 aliphatic carbocycles. The van der Waals surface area contributed by atoms with Gasteiger partial charge >= 0.3 is 0 Å². The summed E-state index contributed by atoms with van der Waals surface area (Å²) in [4.78, 5) is 38.7. The molecule has 0 bridgehead atoms. The fraction of sp³-hybridized carbons (Fsp3) is 0. The Balaban J connectivity index is 1.49. The lowest BCUT2D eigenvalue weighted by atomic mass is 10.2. The van der Waals surface area contributed by atoms with Crippen LogP contribution in [0.2, 0.25) is 5.02 Å². The van der Waals surface area contributed by atoms with Gasteiger partial charge < -0.3 is 10.6 Å². The largest absolute Gasteiger partial charge is 0.350 e. The van der Waals surface area contributed by atoms with Gasteiger partial charge in [-0.3, -0.25) is 14.4 Å². The maximum atomic E-state index is 12.8. The number of imide groups is 1. The number of carbonyl (C=O) groups excluding carboxylic acids is 3. The summed E-state index contributed by atoms with van der Waals surface area (Å²) in [5.41, 5.74) is 1.89. The van der Waals surface area contributed by atoms with Crippen molar-refractivity contribution in [3.8, 4) is 0 Å². The molecule has 0 spiro atoms. The Labute approximate surface area is 188 Å². The zero-order valence-corrected chi connectivity index (χ0v) is 17.4. The van der Waals surface area contributed by atoms with Crippen molar-refractivity contribution in [1.82, 2.24) is 0 Å². The third kappa shape index (κ3) is 4.30. The molecule has 31 heavy (non-hydrogen) atoms. The summed E-state index contributed by atoms with van der Waals surface area (Å²) in [6, 6.07) is 21.9. The third-order valence-corrected chi connectivity index (χ3v) is 5.13. The van der Waals surface area contributed by atoms with Crippen LogP contribution in [-0.4, -0.2) is 17.7 Å². The van der Waals surface area contributed by atoms with Crippen molar-refractivity contribution in [2.24, 2.45) is 0 Å². The van der Waals surface area contributed by atoms with Gasteiger partial charge in [0.2, 0.25) is 0 Å². The first-order chi connectivity index (χ1) is 14.9. The van der Waals surface area contributed by atoms with E-state index in [2.05, 4.69) is 10.6 Å². The van der Waals surface area contributed by atoms with Crippen LogP contribution in [0.4, 0.5) is 17.1 Å². The van der Waals surface area contributed by atoms with E-state index in [0.717, 1.165) is 4.90 Å².